The van der Waals surface area contributed by atoms with Crippen LogP contribution in [-0.2, 0) is 12.8 Å². The number of hydrogen-bond acceptors (Lipinski definition) is 2. The maximum Gasteiger partial charge on any atom is 0.125 e. The summed E-state index contributed by atoms with van der Waals surface area (Å²) in [6, 6.07) is 6.42. The number of rotatable bonds is 3. The summed E-state index contributed by atoms with van der Waals surface area (Å²) in [6.45, 7) is 3.75. The molecule has 0 fully saturated rings. The van der Waals surface area contributed by atoms with Crippen LogP contribution in [0, 0.1) is 5.92 Å². The highest BCUT2D eigenvalue weighted by atomic mass is 16.5. The van der Waals surface area contributed by atoms with E-state index in [2.05, 4.69) is 25.1 Å². The Bertz CT molecular complexity index is 322. The first-order valence-corrected chi connectivity index (χ1v) is 5.25. The summed E-state index contributed by atoms with van der Waals surface area (Å²) < 4.78 is 5.63. The predicted molar refractivity (Wildman–Crippen MR) is 57.6 cm³/mol. The molecule has 1 aliphatic rings. The number of para-hydroxylation sites is 1. The Hall–Kier alpha value is -1.02. The molecule has 1 unspecified atom stereocenters. The van der Waals surface area contributed by atoms with Crippen LogP contribution in [0.5, 0.6) is 5.75 Å². The van der Waals surface area contributed by atoms with E-state index in [1.54, 1.807) is 0 Å². The normalized spacial score (nSPS) is 16.1. The van der Waals surface area contributed by atoms with Crippen LogP contribution in [0.1, 0.15) is 18.1 Å². The first kappa shape index (κ1) is 9.53. The van der Waals surface area contributed by atoms with Crippen molar-refractivity contribution in [3.8, 4) is 5.75 Å². The molecule has 1 heterocycles. The Morgan fingerprint density at radius 3 is 3.14 bits per heavy atom. The summed E-state index contributed by atoms with van der Waals surface area (Å²) >= 11 is 0. The molecule has 0 saturated heterocycles. The van der Waals surface area contributed by atoms with E-state index in [0.717, 1.165) is 31.7 Å². The maximum atomic E-state index is 5.63. The third kappa shape index (κ3) is 1.75. The molecule has 1 aromatic carbocycles. The van der Waals surface area contributed by atoms with Crippen molar-refractivity contribution in [2.75, 3.05) is 13.2 Å². The first-order valence-electron chi connectivity index (χ1n) is 5.25. The lowest BCUT2D eigenvalue weighted by Crippen LogP contribution is -2.13. The second-order valence-electron chi connectivity index (χ2n) is 4.05. The van der Waals surface area contributed by atoms with Gasteiger partial charge in [-0.25, -0.2) is 0 Å². The van der Waals surface area contributed by atoms with Gasteiger partial charge in [0.2, 0.25) is 0 Å². The van der Waals surface area contributed by atoms with Crippen molar-refractivity contribution in [1.29, 1.82) is 0 Å². The number of benzene rings is 1. The van der Waals surface area contributed by atoms with Crippen LogP contribution in [0.2, 0.25) is 0 Å². The smallest absolute Gasteiger partial charge is 0.125 e. The van der Waals surface area contributed by atoms with E-state index in [9.17, 15) is 0 Å². The fraction of sp³-hybridized carbons (Fsp3) is 0.500. The van der Waals surface area contributed by atoms with Crippen LogP contribution < -0.4 is 10.5 Å². The van der Waals surface area contributed by atoms with Crippen LogP contribution in [-0.4, -0.2) is 13.2 Å². The van der Waals surface area contributed by atoms with Crippen molar-refractivity contribution in [3.63, 3.8) is 0 Å². The summed E-state index contributed by atoms with van der Waals surface area (Å²) in [5.74, 6) is 1.65. The molecular formula is C12H17NO. The zero-order chi connectivity index (χ0) is 9.97. The van der Waals surface area contributed by atoms with E-state index in [0.29, 0.717) is 5.92 Å². The van der Waals surface area contributed by atoms with Crippen LogP contribution >= 0.6 is 0 Å². The van der Waals surface area contributed by atoms with E-state index in [1.165, 1.54) is 11.1 Å². The predicted octanol–water partition coefficient (Wildman–Crippen LogP) is 1.76. The maximum absolute atomic E-state index is 5.63. The van der Waals surface area contributed by atoms with Crippen molar-refractivity contribution in [1.82, 2.24) is 0 Å². The molecule has 2 N–H and O–H groups in total. The van der Waals surface area contributed by atoms with Gasteiger partial charge in [-0.15, -0.1) is 0 Å². The van der Waals surface area contributed by atoms with Crippen molar-refractivity contribution >= 4 is 0 Å². The average Bonchev–Trinajstić information content (AvgIpc) is 2.66. The summed E-state index contributed by atoms with van der Waals surface area (Å²) in [6.07, 6.45) is 2.08. The number of nitrogens with two attached hydrogens (primary N) is 1. The molecular weight excluding hydrogens is 174 g/mol. The Labute approximate surface area is 85.1 Å². The van der Waals surface area contributed by atoms with Crippen LogP contribution in [0.15, 0.2) is 18.2 Å². The Balaban J connectivity index is 2.22. The van der Waals surface area contributed by atoms with Gasteiger partial charge in [-0.1, -0.05) is 25.1 Å². The minimum Gasteiger partial charge on any atom is -0.493 e. The van der Waals surface area contributed by atoms with Gasteiger partial charge in [0.05, 0.1) is 6.61 Å². The van der Waals surface area contributed by atoms with E-state index in [-0.39, 0.29) is 0 Å². The third-order valence-corrected chi connectivity index (χ3v) is 2.77. The summed E-state index contributed by atoms with van der Waals surface area (Å²) in [5.41, 5.74) is 8.30. The van der Waals surface area contributed by atoms with E-state index < -0.39 is 0 Å². The van der Waals surface area contributed by atoms with E-state index in [4.69, 9.17) is 10.5 Å². The fourth-order valence-corrected chi connectivity index (χ4v) is 1.90. The standard InChI is InChI=1S/C12H17NO/c1-9(8-13)7-11-4-2-3-10-5-6-14-12(10)11/h2-4,9H,5-8,13H2,1H3. The molecule has 0 aliphatic carbocycles. The van der Waals surface area contributed by atoms with Gasteiger partial charge in [0.15, 0.2) is 0 Å². The zero-order valence-corrected chi connectivity index (χ0v) is 8.62. The highest BCUT2D eigenvalue weighted by Gasteiger charge is 2.16. The summed E-state index contributed by atoms with van der Waals surface area (Å²) in [7, 11) is 0. The molecule has 0 aromatic heterocycles. The van der Waals surface area contributed by atoms with Crippen LogP contribution in [0.25, 0.3) is 0 Å². The van der Waals surface area contributed by atoms with Gasteiger partial charge < -0.3 is 10.5 Å². The van der Waals surface area contributed by atoms with Gasteiger partial charge in [0.1, 0.15) is 5.75 Å². The zero-order valence-electron chi connectivity index (χ0n) is 8.62. The Morgan fingerprint density at radius 1 is 1.50 bits per heavy atom. The monoisotopic (exact) mass is 191 g/mol. The molecule has 14 heavy (non-hydrogen) atoms. The van der Waals surface area contributed by atoms with Crippen molar-refractivity contribution < 1.29 is 4.74 Å². The molecule has 0 saturated carbocycles. The minimum absolute atomic E-state index is 0.533. The van der Waals surface area contributed by atoms with Gasteiger partial charge in [0.25, 0.3) is 0 Å². The topological polar surface area (TPSA) is 35.2 Å². The molecule has 0 spiro atoms. The molecule has 1 atom stereocenters. The Kier molecular flexibility index (Phi) is 2.73. The lowest BCUT2D eigenvalue weighted by Gasteiger charge is -2.11. The van der Waals surface area contributed by atoms with Crippen molar-refractivity contribution in [2.24, 2.45) is 11.7 Å². The molecule has 0 amide bonds. The molecule has 76 valence electrons. The molecule has 2 nitrogen and oxygen atoms in total. The van der Waals surface area contributed by atoms with Gasteiger partial charge >= 0.3 is 0 Å². The SMILES string of the molecule is CC(CN)Cc1cccc2c1OCC2. The highest BCUT2D eigenvalue weighted by Crippen LogP contribution is 2.30. The summed E-state index contributed by atoms with van der Waals surface area (Å²) in [4.78, 5) is 0. The largest absolute Gasteiger partial charge is 0.493 e. The Morgan fingerprint density at radius 2 is 2.36 bits per heavy atom. The second-order valence-corrected chi connectivity index (χ2v) is 4.05. The molecule has 0 bridgehead atoms. The van der Waals surface area contributed by atoms with Crippen LogP contribution in [0.3, 0.4) is 0 Å². The van der Waals surface area contributed by atoms with Crippen molar-refractivity contribution in [3.05, 3.63) is 29.3 Å². The number of ether oxygens (including phenoxy) is 1. The second kappa shape index (κ2) is 4.01. The summed E-state index contributed by atoms with van der Waals surface area (Å²) in [5, 5.41) is 0. The fourth-order valence-electron chi connectivity index (χ4n) is 1.90. The van der Waals surface area contributed by atoms with Crippen LogP contribution in [0.4, 0.5) is 0 Å². The van der Waals surface area contributed by atoms with E-state index >= 15 is 0 Å². The molecule has 1 aliphatic heterocycles. The van der Waals surface area contributed by atoms with Gasteiger partial charge in [-0.3, -0.25) is 0 Å². The third-order valence-electron chi connectivity index (χ3n) is 2.77. The van der Waals surface area contributed by atoms with Gasteiger partial charge in [0, 0.05) is 6.42 Å². The molecule has 0 radical (unpaired) electrons. The van der Waals surface area contributed by atoms with Crippen molar-refractivity contribution in [2.45, 2.75) is 19.8 Å². The minimum atomic E-state index is 0.533. The molecule has 2 rings (SSSR count). The van der Waals surface area contributed by atoms with E-state index in [1.807, 2.05) is 0 Å². The van der Waals surface area contributed by atoms with Gasteiger partial charge in [-0.05, 0) is 30.0 Å². The van der Waals surface area contributed by atoms with Gasteiger partial charge in [-0.2, -0.15) is 0 Å². The highest BCUT2D eigenvalue weighted by molar-refractivity contribution is 5.44. The quantitative estimate of drug-likeness (QED) is 0.790. The average molecular weight is 191 g/mol. The number of hydrogen-bond donors (Lipinski definition) is 1. The lowest BCUT2D eigenvalue weighted by atomic mass is 9.98. The molecule has 1 aromatic rings. The number of fused-ring (bicyclic) bond motifs is 1. The first-order chi connectivity index (χ1) is 6.81. The molecule has 2 heteroatoms. The lowest BCUT2D eigenvalue weighted by molar-refractivity contribution is 0.351.